The average molecular weight is 291 g/mol. The van der Waals surface area contributed by atoms with Crippen LogP contribution < -0.4 is 0 Å². The van der Waals surface area contributed by atoms with E-state index < -0.39 is 9.84 Å². The molecule has 15 heavy (non-hydrogen) atoms. The number of carbonyl (C=O) groups is 1. The van der Waals surface area contributed by atoms with Gasteiger partial charge in [0.05, 0.1) is 4.90 Å². The highest BCUT2D eigenvalue weighted by Gasteiger charge is 2.14. The maximum atomic E-state index is 11.5. The number of hydrogen-bond acceptors (Lipinski definition) is 3. The molecule has 1 aromatic carbocycles. The van der Waals surface area contributed by atoms with Crippen molar-refractivity contribution in [2.24, 2.45) is 0 Å². The van der Waals surface area contributed by atoms with Gasteiger partial charge in [-0.15, -0.1) is 0 Å². The first kappa shape index (κ1) is 12.4. The van der Waals surface area contributed by atoms with Crippen LogP contribution in [0, 0.1) is 0 Å². The summed E-state index contributed by atoms with van der Waals surface area (Å²) in [6.45, 7) is 1.74. The molecule has 0 unspecified atom stereocenters. The Hall–Kier alpha value is -0.680. The van der Waals surface area contributed by atoms with E-state index in [0.717, 1.165) is 0 Å². The van der Waals surface area contributed by atoms with Crippen LogP contribution in [-0.4, -0.2) is 18.9 Å². The van der Waals surface area contributed by atoms with E-state index in [4.69, 9.17) is 0 Å². The molecule has 0 fully saturated rings. The van der Waals surface area contributed by atoms with E-state index >= 15 is 0 Å². The van der Waals surface area contributed by atoms with Gasteiger partial charge in [0, 0.05) is 12.0 Å². The summed E-state index contributed by atoms with van der Waals surface area (Å²) in [5.41, 5.74) is 0.444. The number of hydrogen-bond donors (Lipinski definition) is 0. The summed E-state index contributed by atoms with van der Waals surface area (Å²) in [4.78, 5) is 11.6. The Morgan fingerprint density at radius 3 is 2.60 bits per heavy atom. The largest absolute Gasteiger partial charge is 0.294 e. The molecular weight excluding hydrogens is 280 g/mol. The molecule has 3 nitrogen and oxygen atoms in total. The quantitative estimate of drug-likeness (QED) is 0.632. The lowest BCUT2D eigenvalue weighted by molar-refractivity contribution is 0.0988. The maximum absolute atomic E-state index is 11.5. The summed E-state index contributed by atoms with van der Waals surface area (Å²) < 4.78 is 22.9. The van der Waals surface area contributed by atoms with Crippen molar-refractivity contribution in [1.82, 2.24) is 0 Å². The van der Waals surface area contributed by atoms with E-state index in [9.17, 15) is 13.2 Å². The summed E-state index contributed by atoms with van der Waals surface area (Å²) in [6, 6.07) is 6.11. The van der Waals surface area contributed by atoms with Gasteiger partial charge < -0.3 is 0 Å². The van der Waals surface area contributed by atoms with Gasteiger partial charge in [-0.05, 0) is 12.1 Å². The van der Waals surface area contributed by atoms with E-state index in [0.29, 0.717) is 12.0 Å². The zero-order chi connectivity index (χ0) is 11.5. The van der Waals surface area contributed by atoms with Gasteiger partial charge in [-0.1, -0.05) is 35.0 Å². The number of carbonyl (C=O) groups excluding carboxylic acids is 1. The van der Waals surface area contributed by atoms with Gasteiger partial charge in [0.2, 0.25) is 0 Å². The lowest BCUT2D eigenvalue weighted by Crippen LogP contribution is -2.04. The van der Waals surface area contributed by atoms with E-state index in [1.54, 1.807) is 19.1 Å². The van der Waals surface area contributed by atoms with Crippen molar-refractivity contribution in [2.75, 3.05) is 4.66 Å². The fraction of sp³-hybridized carbons (Fsp3) is 0.300. The SMILES string of the molecule is CCC(=O)c1cccc(S(=O)(=O)CBr)c1. The van der Waals surface area contributed by atoms with Crippen molar-refractivity contribution in [3.05, 3.63) is 29.8 Å². The Balaban J connectivity index is 3.20. The van der Waals surface area contributed by atoms with Crippen molar-refractivity contribution in [1.29, 1.82) is 0 Å². The zero-order valence-corrected chi connectivity index (χ0v) is 10.6. The van der Waals surface area contributed by atoms with E-state index in [2.05, 4.69) is 15.9 Å². The molecule has 1 rings (SSSR count). The van der Waals surface area contributed by atoms with E-state index in [1.807, 2.05) is 0 Å². The highest BCUT2D eigenvalue weighted by molar-refractivity contribution is 9.10. The molecule has 0 radical (unpaired) electrons. The molecule has 5 heteroatoms. The van der Waals surface area contributed by atoms with Gasteiger partial charge in [-0.3, -0.25) is 4.79 Å². The first-order chi connectivity index (χ1) is 7.01. The number of rotatable bonds is 4. The van der Waals surface area contributed by atoms with Crippen LogP contribution in [0.3, 0.4) is 0 Å². The number of benzene rings is 1. The predicted molar refractivity (Wildman–Crippen MR) is 62.0 cm³/mol. The molecule has 0 spiro atoms. The van der Waals surface area contributed by atoms with Crippen molar-refractivity contribution in [3.8, 4) is 0 Å². The van der Waals surface area contributed by atoms with Gasteiger partial charge in [-0.25, -0.2) is 8.42 Å². The van der Waals surface area contributed by atoms with E-state index in [-0.39, 0.29) is 15.3 Å². The predicted octanol–water partition coefficient (Wildman–Crippen LogP) is 2.41. The summed E-state index contributed by atoms with van der Waals surface area (Å²) in [6.07, 6.45) is 0.373. The van der Waals surface area contributed by atoms with Crippen LogP contribution in [-0.2, 0) is 9.84 Å². The van der Waals surface area contributed by atoms with Gasteiger partial charge in [0.1, 0.15) is 4.66 Å². The van der Waals surface area contributed by atoms with Crippen molar-refractivity contribution in [3.63, 3.8) is 0 Å². The van der Waals surface area contributed by atoms with E-state index in [1.165, 1.54) is 12.1 Å². The van der Waals surface area contributed by atoms with Crippen LogP contribution in [0.1, 0.15) is 23.7 Å². The molecule has 0 atom stereocenters. The minimum atomic E-state index is -3.30. The van der Waals surface area contributed by atoms with Crippen molar-refractivity contribution >= 4 is 31.6 Å². The van der Waals surface area contributed by atoms with Crippen LogP contribution >= 0.6 is 15.9 Å². The molecular formula is C10H11BrO3S. The Labute approximate surface area is 97.5 Å². The Kier molecular flexibility index (Phi) is 4.04. The number of sulfone groups is 1. The number of halogens is 1. The fourth-order valence-electron chi connectivity index (χ4n) is 1.13. The molecule has 0 aromatic heterocycles. The maximum Gasteiger partial charge on any atom is 0.188 e. The number of alkyl halides is 1. The summed E-state index contributed by atoms with van der Waals surface area (Å²) in [5.74, 6) is -0.0541. The van der Waals surface area contributed by atoms with Gasteiger partial charge in [0.15, 0.2) is 15.6 Å². The Morgan fingerprint density at radius 1 is 1.40 bits per heavy atom. The second-order valence-corrected chi connectivity index (χ2v) is 6.32. The Morgan fingerprint density at radius 2 is 2.07 bits per heavy atom. The van der Waals surface area contributed by atoms with Crippen LogP contribution in [0.25, 0.3) is 0 Å². The number of Topliss-reactive ketones (excluding diaryl/α,β-unsaturated/α-hetero) is 1. The summed E-state index contributed by atoms with van der Waals surface area (Å²) in [7, 11) is -3.30. The normalized spacial score (nSPS) is 11.3. The lowest BCUT2D eigenvalue weighted by Gasteiger charge is -2.02. The van der Waals surface area contributed by atoms with Gasteiger partial charge >= 0.3 is 0 Å². The molecule has 0 aliphatic carbocycles. The number of ketones is 1. The first-order valence-electron chi connectivity index (χ1n) is 4.43. The second kappa shape index (κ2) is 4.90. The smallest absolute Gasteiger partial charge is 0.188 e. The summed E-state index contributed by atoms with van der Waals surface area (Å²) in [5, 5.41) is 0. The molecule has 0 saturated carbocycles. The van der Waals surface area contributed by atoms with Gasteiger partial charge in [-0.2, -0.15) is 0 Å². The molecule has 82 valence electrons. The topological polar surface area (TPSA) is 51.2 Å². The first-order valence-corrected chi connectivity index (χ1v) is 7.20. The van der Waals surface area contributed by atoms with Crippen molar-refractivity contribution < 1.29 is 13.2 Å². The molecule has 0 bridgehead atoms. The third kappa shape index (κ3) is 2.89. The summed E-state index contributed by atoms with van der Waals surface area (Å²) >= 11 is 2.91. The molecule has 0 aliphatic rings. The highest BCUT2D eigenvalue weighted by Crippen LogP contribution is 2.15. The minimum Gasteiger partial charge on any atom is -0.294 e. The third-order valence-corrected chi connectivity index (χ3v) is 5.05. The lowest BCUT2D eigenvalue weighted by atomic mass is 10.1. The monoisotopic (exact) mass is 290 g/mol. The molecule has 0 amide bonds. The molecule has 0 aliphatic heterocycles. The molecule has 0 heterocycles. The highest BCUT2D eigenvalue weighted by atomic mass is 79.9. The Bertz CT molecular complexity index is 465. The molecule has 0 saturated heterocycles. The van der Waals surface area contributed by atoms with Gasteiger partial charge in [0.25, 0.3) is 0 Å². The van der Waals surface area contributed by atoms with Crippen LogP contribution in [0.2, 0.25) is 0 Å². The standard InChI is InChI=1S/C10H11BrO3S/c1-2-10(12)8-4-3-5-9(6-8)15(13,14)7-11/h3-6H,2,7H2,1H3. The average Bonchev–Trinajstić information content (AvgIpc) is 2.28. The zero-order valence-electron chi connectivity index (χ0n) is 8.23. The molecule has 1 aromatic rings. The molecule has 0 N–H and O–H groups in total. The third-order valence-electron chi connectivity index (χ3n) is 1.98. The second-order valence-electron chi connectivity index (χ2n) is 3.03. The van der Waals surface area contributed by atoms with Crippen LogP contribution in [0.5, 0.6) is 0 Å². The fourth-order valence-corrected chi connectivity index (χ4v) is 2.64. The minimum absolute atomic E-state index is 0.0541. The van der Waals surface area contributed by atoms with Crippen molar-refractivity contribution in [2.45, 2.75) is 18.2 Å². The van der Waals surface area contributed by atoms with Crippen LogP contribution in [0.4, 0.5) is 0 Å². The van der Waals surface area contributed by atoms with Crippen LogP contribution in [0.15, 0.2) is 29.2 Å².